The molecule has 0 saturated carbocycles. The van der Waals surface area contributed by atoms with Crippen molar-refractivity contribution in [2.45, 2.75) is 6.42 Å². The molecule has 7 heteroatoms. The van der Waals surface area contributed by atoms with Gasteiger partial charge in [0.1, 0.15) is 0 Å². The zero-order valence-electron chi connectivity index (χ0n) is 13.9. The van der Waals surface area contributed by atoms with Crippen LogP contribution in [0.4, 0.5) is 11.4 Å². The van der Waals surface area contributed by atoms with Crippen LogP contribution in [0.3, 0.4) is 0 Å². The van der Waals surface area contributed by atoms with Gasteiger partial charge in [0, 0.05) is 46.0 Å². The van der Waals surface area contributed by atoms with E-state index in [1.807, 2.05) is 62.3 Å². The molecule has 0 aliphatic carbocycles. The fourth-order valence-corrected chi connectivity index (χ4v) is 2.16. The molecule has 0 bridgehead atoms. The number of nitrogens with zero attached hydrogens (tertiary/aromatic N) is 2. The molecule has 0 fully saturated rings. The summed E-state index contributed by atoms with van der Waals surface area (Å²) in [7, 11) is 3.64. The molecule has 0 aliphatic heterocycles. The van der Waals surface area contributed by atoms with E-state index in [-0.39, 0.29) is 6.61 Å². The Kier molecular flexibility index (Phi) is 7.54. The van der Waals surface area contributed by atoms with E-state index in [9.17, 15) is 14.0 Å². The SMILES string of the molecule is CN(C)c1ccc(C=CC=CCCO[Cl+3]([O-])([O-])[O-])c(N(C)C)c1. The Morgan fingerprint density at radius 2 is 1.74 bits per heavy atom. The summed E-state index contributed by atoms with van der Waals surface area (Å²) in [4.78, 5) is 4.09. The molecule has 0 N–H and O–H groups in total. The van der Waals surface area contributed by atoms with Crippen molar-refractivity contribution < 1.29 is 28.5 Å². The van der Waals surface area contributed by atoms with Gasteiger partial charge in [0.25, 0.3) is 0 Å². The number of allylic oxidation sites excluding steroid dienone is 2. The Morgan fingerprint density at radius 1 is 1.04 bits per heavy atom. The lowest BCUT2D eigenvalue weighted by atomic mass is 10.1. The van der Waals surface area contributed by atoms with Gasteiger partial charge in [-0.1, -0.05) is 30.4 Å². The largest absolute Gasteiger partial charge is 0.378 e. The van der Waals surface area contributed by atoms with E-state index < -0.39 is 10.2 Å². The van der Waals surface area contributed by atoms with E-state index in [2.05, 4.69) is 10.4 Å². The van der Waals surface area contributed by atoms with Crippen molar-refractivity contribution in [1.82, 2.24) is 0 Å². The van der Waals surface area contributed by atoms with Crippen molar-refractivity contribution in [3.8, 4) is 0 Å². The van der Waals surface area contributed by atoms with Gasteiger partial charge < -0.3 is 9.80 Å². The molecule has 0 unspecified atom stereocenters. The molecule has 1 aromatic rings. The number of halogens is 1. The van der Waals surface area contributed by atoms with Crippen LogP contribution < -0.4 is 23.8 Å². The standard InChI is InChI=1S/C16H23ClN2O4/c1-18(2)15-11-10-14(16(13-15)19(3)4)9-7-5-6-8-12-23-17(20,21)22/h5-7,9-11,13H,8,12H2,1-4H3. The molecular weight excluding hydrogens is 320 g/mol. The second-order valence-corrected chi connectivity index (χ2v) is 6.27. The van der Waals surface area contributed by atoms with Crippen LogP contribution >= 0.6 is 0 Å². The lowest BCUT2D eigenvalue weighted by Crippen LogP contribution is -2.61. The molecule has 0 spiro atoms. The average molecular weight is 343 g/mol. The third kappa shape index (κ3) is 7.49. The number of hydrogen-bond acceptors (Lipinski definition) is 6. The van der Waals surface area contributed by atoms with Crippen LogP contribution in [0, 0.1) is 10.2 Å². The molecule has 0 radical (unpaired) electrons. The monoisotopic (exact) mass is 342 g/mol. The minimum atomic E-state index is -4.33. The Balaban J connectivity index is 2.65. The van der Waals surface area contributed by atoms with Crippen LogP contribution in [0.15, 0.2) is 36.4 Å². The van der Waals surface area contributed by atoms with Crippen LogP contribution in [0.25, 0.3) is 6.08 Å². The summed E-state index contributed by atoms with van der Waals surface area (Å²) in [5.74, 6) is 0. The second-order valence-electron chi connectivity index (χ2n) is 5.30. The van der Waals surface area contributed by atoms with Crippen LogP contribution in [0.1, 0.15) is 12.0 Å². The minimum Gasteiger partial charge on any atom is -0.378 e. The summed E-state index contributed by atoms with van der Waals surface area (Å²) in [6.45, 7) is -0.155. The maximum absolute atomic E-state index is 10.2. The van der Waals surface area contributed by atoms with Gasteiger partial charge in [-0.2, -0.15) is 14.0 Å². The number of anilines is 2. The van der Waals surface area contributed by atoms with E-state index in [1.165, 1.54) is 0 Å². The molecule has 0 saturated heterocycles. The zero-order chi connectivity index (χ0) is 17.5. The second kappa shape index (κ2) is 8.90. The third-order valence-corrected chi connectivity index (χ3v) is 3.45. The average Bonchev–Trinajstić information content (AvgIpc) is 2.44. The number of rotatable bonds is 8. The lowest BCUT2D eigenvalue weighted by Gasteiger charge is -2.20. The molecule has 0 atom stereocenters. The predicted octanol–water partition coefficient (Wildman–Crippen LogP) is -0.308. The summed E-state index contributed by atoms with van der Waals surface area (Å²) in [5.41, 5.74) is 3.29. The molecule has 1 rings (SSSR count). The first-order valence-corrected chi connectivity index (χ1v) is 8.31. The Labute approximate surface area is 139 Å². The maximum Gasteiger partial charge on any atom is 0.207 e. The number of benzene rings is 1. The van der Waals surface area contributed by atoms with Crippen molar-refractivity contribution in [1.29, 1.82) is 0 Å². The van der Waals surface area contributed by atoms with Crippen molar-refractivity contribution in [3.63, 3.8) is 0 Å². The Morgan fingerprint density at radius 3 is 2.30 bits per heavy atom. The zero-order valence-corrected chi connectivity index (χ0v) is 14.6. The molecule has 128 valence electrons. The lowest BCUT2D eigenvalue weighted by molar-refractivity contribution is -1.92. The van der Waals surface area contributed by atoms with Gasteiger partial charge in [-0.25, -0.2) is 0 Å². The van der Waals surface area contributed by atoms with E-state index in [4.69, 9.17) is 0 Å². The fraction of sp³-hybridized carbons (Fsp3) is 0.375. The molecule has 0 aliphatic rings. The van der Waals surface area contributed by atoms with Crippen LogP contribution in [0.5, 0.6) is 0 Å². The normalized spacial score (nSPS) is 12.3. The van der Waals surface area contributed by atoms with Gasteiger partial charge in [0.15, 0.2) is 0 Å². The van der Waals surface area contributed by atoms with E-state index in [1.54, 1.807) is 12.2 Å². The fourth-order valence-electron chi connectivity index (χ4n) is 1.88. The summed E-state index contributed by atoms with van der Waals surface area (Å²) in [6.07, 6.45) is 7.70. The van der Waals surface area contributed by atoms with E-state index in [0.717, 1.165) is 16.9 Å². The molecular formula is C16H23ClN2O4. The first kappa shape index (κ1) is 19.5. The Hall–Kier alpha value is -1.57. The van der Waals surface area contributed by atoms with Gasteiger partial charge in [-0.05, 0) is 17.7 Å². The van der Waals surface area contributed by atoms with Crippen molar-refractivity contribution in [2.75, 3.05) is 44.6 Å². The van der Waals surface area contributed by atoms with Crippen molar-refractivity contribution >= 4 is 17.5 Å². The highest BCUT2D eigenvalue weighted by atomic mass is 35.7. The quantitative estimate of drug-likeness (QED) is 0.476. The molecule has 0 amide bonds. The van der Waals surface area contributed by atoms with Gasteiger partial charge in [0.05, 0.1) is 14.5 Å². The molecule has 6 nitrogen and oxygen atoms in total. The van der Waals surface area contributed by atoms with E-state index >= 15 is 0 Å². The van der Waals surface area contributed by atoms with E-state index in [0.29, 0.717) is 6.42 Å². The summed E-state index contributed by atoms with van der Waals surface area (Å²) < 4.78 is 34.8. The van der Waals surface area contributed by atoms with Gasteiger partial charge in [-0.3, -0.25) is 0 Å². The van der Waals surface area contributed by atoms with Crippen molar-refractivity contribution in [2.24, 2.45) is 0 Å². The van der Waals surface area contributed by atoms with Gasteiger partial charge in [-0.15, -0.1) is 0 Å². The number of hydrogen-bond donors (Lipinski definition) is 0. The third-order valence-electron chi connectivity index (χ3n) is 3.03. The smallest absolute Gasteiger partial charge is 0.207 e. The van der Waals surface area contributed by atoms with Crippen LogP contribution in [-0.4, -0.2) is 34.8 Å². The topological polar surface area (TPSA) is 84.9 Å². The molecule has 0 heterocycles. The van der Waals surface area contributed by atoms with Gasteiger partial charge >= 0.3 is 0 Å². The highest BCUT2D eigenvalue weighted by Gasteiger charge is 2.14. The first-order valence-electron chi connectivity index (χ1n) is 7.08. The molecule has 1 aromatic carbocycles. The summed E-state index contributed by atoms with van der Waals surface area (Å²) in [6, 6.07) is 6.19. The summed E-state index contributed by atoms with van der Waals surface area (Å²) >= 11 is 0. The predicted molar refractivity (Wildman–Crippen MR) is 83.8 cm³/mol. The maximum atomic E-state index is 10.2. The minimum absolute atomic E-state index is 0.155. The van der Waals surface area contributed by atoms with Crippen molar-refractivity contribution in [3.05, 3.63) is 42.0 Å². The highest BCUT2D eigenvalue weighted by molar-refractivity contribution is 5.72. The molecule has 23 heavy (non-hydrogen) atoms. The van der Waals surface area contributed by atoms with Crippen LogP contribution in [0.2, 0.25) is 0 Å². The van der Waals surface area contributed by atoms with Gasteiger partial charge in [0.2, 0.25) is 6.61 Å². The first-order chi connectivity index (χ1) is 10.7. The molecule has 0 aromatic heterocycles. The summed E-state index contributed by atoms with van der Waals surface area (Å²) in [5, 5.41) is 0. The van der Waals surface area contributed by atoms with Crippen LogP contribution in [-0.2, 0) is 4.29 Å². The Bertz CT molecular complexity index is 552. The highest BCUT2D eigenvalue weighted by Crippen LogP contribution is 2.25.